The first-order valence-electron chi connectivity index (χ1n) is 3.95. The largest absolute Gasteiger partial charge is 0.460 e. The van der Waals surface area contributed by atoms with Crippen LogP contribution in [0, 0.1) is 0 Å². The summed E-state index contributed by atoms with van der Waals surface area (Å²) in [7, 11) is 0. The van der Waals surface area contributed by atoms with Crippen LogP contribution in [0.4, 0.5) is 0 Å². The van der Waals surface area contributed by atoms with E-state index in [4.69, 9.17) is 10.2 Å². The number of allylic oxidation sites excluding steroid dienone is 3. The highest BCUT2D eigenvalue weighted by atomic mass is 16.5. The van der Waals surface area contributed by atoms with E-state index in [0.29, 0.717) is 0 Å². The SMILES string of the molecule is CC=CC=CC(=O)OC[C@@H](O)CO. The molecule has 4 heteroatoms. The highest BCUT2D eigenvalue weighted by Crippen LogP contribution is 1.87. The van der Waals surface area contributed by atoms with Gasteiger partial charge in [0.15, 0.2) is 0 Å². The number of esters is 1. The molecule has 0 amide bonds. The summed E-state index contributed by atoms with van der Waals surface area (Å²) in [5, 5.41) is 17.2. The molecule has 0 bridgehead atoms. The number of ether oxygens (including phenoxy) is 1. The molecule has 2 N–H and O–H groups in total. The Kier molecular flexibility index (Phi) is 6.86. The molecule has 4 nitrogen and oxygen atoms in total. The highest BCUT2D eigenvalue weighted by molar-refractivity contribution is 5.82. The Morgan fingerprint density at radius 3 is 2.77 bits per heavy atom. The zero-order valence-corrected chi connectivity index (χ0v) is 7.51. The minimum Gasteiger partial charge on any atom is -0.460 e. The van der Waals surface area contributed by atoms with E-state index in [1.54, 1.807) is 12.2 Å². The zero-order valence-electron chi connectivity index (χ0n) is 7.51. The molecule has 0 aliphatic heterocycles. The van der Waals surface area contributed by atoms with Gasteiger partial charge in [-0.25, -0.2) is 4.79 Å². The van der Waals surface area contributed by atoms with E-state index in [9.17, 15) is 4.79 Å². The van der Waals surface area contributed by atoms with Crippen molar-refractivity contribution in [2.45, 2.75) is 13.0 Å². The predicted octanol–water partition coefficient (Wildman–Crippen LogP) is 0.0151. The summed E-state index contributed by atoms with van der Waals surface area (Å²) < 4.78 is 4.57. The number of aliphatic hydroxyl groups excluding tert-OH is 2. The van der Waals surface area contributed by atoms with Gasteiger partial charge in [0.2, 0.25) is 0 Å². The van der Waals surface area contributed by atoms with Crippen LogP contribution in [-0.2, 0) is 9.53 Å². The molecule has 0 aromatic heterocycles. The first kappa shape index (κ1) is 11.9. The molecule has 1 atom stereocenters. The van der Waals surface area contributed by atoms with Crippen molar-refractivity contribution in [2.24, 2.45) is 0 Å². The average Bonchev–Trinajstić information content (AvgIpc) is 2.14. The van der Waals surface area contributed by atoms with Crippen LogP contribution in [0.3, 0.4) is 0 Å². The van der Waals surface area contributed by atoms with Crippen LogP contribution in [0.25, 0.3) is 0 Å². The molecule has 0 saturated heterocycles. The van der Waals surface area contributed by atoms with E-state index in [0.717, 1.165) is 0 Å². The van der Waals surface area contributed by atoms with Gasteiger partial charge in [-0.3, -0.25) is 0 Å². The van der Waals surface area contributed by atoms with Crippen LogP contribution in [0.5, 0.6) is 0 Å². The molecule has 13 heavy (non-hydrogen) atoms. The molecule has 0 aromatic rings. The van der Waals surface area contributed by atoms with E-state index >= 15 is 0 Å². The Morgan fingerprint density at radius 1 is 1.54 bits per heavy atom. The molecule has 0 fully saturated rings. The molecular formula is C9H14O4. The third kappa shape index (κ3) is 7.24. The molecule has 0 aromatic carbocycles. The van der Waals surface area contributed by atoms with E-state index < -0.39 is 18.7 Å². The Balaban J connectivity index is 3.63. The normalized spacial score (nSPS) is 13.8. The Bertz CT molecular complexity index is 196. The Hall–Kier alpha value is -1.13. The Morgan fingerprint density at radius 2 is 2.23 bits per heavy atom. The van der Waals surface area contributed by atoms with Crippen molar-refractivity contribution in [1.29, 1.82) is 0 Å². The summed E-state index contributed by atoms with van der Waals surface area (Å²) >= 11 is 0. The van der Waals surface area contributed by atoms with E-state index in [2.05, 4.69) is 4.74 Å². The van der Waals surface area contributed by atoms with Crippen LogP contribution in [0.15, 0.2) is 24.3 Å². The van der Waals surface area contributed by atoms with Crippen LogP contribution < -0.4 is 0 Å². The van der Waals surface area contributed by atoms with Crippen molar-refractivity contribution in [2.75, 3.05) is 13.2 Å². The number of rotatable bonds is 5. The van der Waals surface area contributed by atoms with Crippen molar-refractivity contribution in [3.05, 3.63) is 24.3 Å². The van der Waals surface area contributed by atoms with Gasteiger partial charge in [0.25, 0.3) is 0 Å². The van der Waals surface area contributed by atoms with Crippen molar-refractivity contribution < 1.29 is 19.7 Å². The number of hydrogen-bond acceptors (Lipinski definition) is 4. The van der Waals surface area contributed by atoms with Gasteiger partial charge in [0.05, 0.1) is 6.61 Å². The lowest BCUT2D eigenvalue weighted by atomic mass is 10.4. The summed E-state index contributed by atoms with van der Waals surface area (Å²) in [6.45, 7) is 1.23. The molecule has 0 saturated carbocycles. The lowest BCUT2D eigenvalue weighted by Gasteiger charge is -2.05. The quantitative estimate of drug-likeness (QED) is 0.361. The summed E-state index contributed by atoms with van der Waals surface area (Å²) in [5.41, 5.74) is 0. The number of carbonyl (C=O) groups is 1. The fourth-order valence-corrected chi connectivity index (χ4v) is 0.524. The lowest BCUT2D eigenvalue weighted by molar-refractivity contribution is -0.141. The summed E-state index contributed by atoms with van der Waals surface area (Å²) in [6.07, 6.45) is 5.23. The van der Waals surface area contributed by atoms with E-state index in [1.165, 1.54) is 12.2 Å². The number of carbonyl (C=O) groups excluding carboxylic acids is 1. The lowest BCUT2D eigenvalue weighted by Crippen LogP contribution is -2.21. The Labute approximate surface area is 77.1 Å². The third-order valence-corrected chi connectivity index (χ3v) is 1.16. The standard InChI is InChI=1S/C9H14O4/c1-2-3-4-5-9(12)13-7-8(11)6-10/h2-5,8,10-11H,6-7H2,1H3/t8-/m0/s1. The molecule has 0 spiro atoms. The van der Waals surface area contributed by atoms with Crippen molar-refractivity contribution in [3.63, 3.8) is 0 Å². The fraction of sp³-hybridized carbons (Fsp3) is 0.444. The number of hydrogen-bond donors (Lipinski definition) is 2. The summed E-state index contributed by atoms with van der Waals surface area (Å²) in [4.78, 5) is 10.8. The summed E-state index contributed by atoms with van der Waals surface area (Å²) in [6, 6.07) is 0. The van der Waals surface area contributed by atoms with Gasteiger partial charge in [0, 0.05) is 6.08 Å². The van der Waals surface area contributed by atoms with E-state index in [1.807, 2.05) is 6.92 Å². The first-order chi connectivity index (χ1) is 6.20. The molecule has 0 unspecified atom stereocenters. The number of aliphatic hydroxyl groups is 2. The van der Waals surface area contributed by atoms with E-state index in [-0.39, 0.29) is 6.61 Å². The molecule has 0 heterocycles. The maximum absolute atomic E-state index is 10.8. The zero-order chi connectivity index (χ0) is 10.1. The fourth-order valence-electron chi connectivity index (χ4n) is 0.524. The molecule has 0 aliphatic rings. The predicted molar refractivity (Wildman–Crippen MR) is 48.0 cm³/mol. The second kappa shape index (κ2) is 7.52. The van der Waals surface area contributed by atoms with Crippen LogP contribution >= 0.6 is 0 Å². The maximum Gasteiger partial charge on any atom is 0.330 e. The molecular weight excluding hydrogens is 172 g/mol. The summed E-state index contributed by atoms with van der Waals surface area (Å²) in [5.74, 6) is -0.536. The van der Waals surface area contributed by atoms with Crippen molar-refractivity contribution >= 4 is 5.97 Å². The smallest absolute Gasteiger partial charge is 0.330 e. The van der Waals surface area contributed by atoms with Crippen molar-refractivity contribution in [3.8, 4) is 0 Å². The average molecular weight is 186 g/mol. The van der Waals surface area contributed by atoms with Gasteiger partial charge in [-0.05, 0) is 6.92 Å². The van der Waals surface area contributed by atoms with Gasteiger partial charge in [-0.2, -0.15) is 0 Å². The topological polar surface area (TPSA) is 66.8 Å². The van der Waals surface area contributed by atoms with Gasteiger partial charge >= 0.3 is 5.97 Å². The second-order valence-electron chi connectivity index (χ2n) is 2.35. The maximum atomic E-state index is 10.8. The molecule has 0 radical (unpaired) electrons. The highest BCUT2D eigenvalue weighted by Gasteiger charge is 2.03. The van der Waals surface area contributed by atoms with Crippen LogP contribution in [-0.4, -0.2) is 35.5 Å². The van der Waals surface area contributed by atoms with Gasteiger partial charge in [-0.15, -0.1) is 0 Å². The van der Waals surface area contributed by atoms with Crippen LogP contribution in [0.2, 0.25) is 0 Å². The minimum absolute atomic E-state index is 0.185. The molecule has 0 rings (SSSR count). The molecule has 0 aliphatic carbocycles. The molecule has 74 valence electrons. The van der Waals surface area contributed by atoms with Crippen molar-refractivity contribution in [1.82, 2.24) is 0 Å². The first-order valence-corrected chi connectivity index (χ1v) is 3.95. The van der Waals surface area contributed by atoms with Gasteiger partial charge in [0.1, 0.15) is 12.7 Å². The monoisotopic (exact) mass is 186 g/mol. The second-order valence-corrected chi connectivity index (χ2v) is 2.35. The van der Waals surface area contributed by atoms with Crippen LogP contribution in [0.1, 0.15) is 6.92 Å². The third-order valence-electron chi connectivity index (χ3n) is 1.16. The van der Waals surface area contributed by atoms with Gasteiger partial charge < -0.3 is 14.9 Å². The minimum atomic E-state index is -1.00. The van der Waals surface area contributed by atoms with Gasteiger partial charge in [-0.1, -0.05) is 18.2 Å².